The second-order valence-electron chi connectivity index (χ2n) is 4.57. The summed E-state index contributed by atoms with van der Waals surface area (Å²) >= 11 is 0. The van der Waals surface area contributed by atoms with Gasteiger partial charge in [0.2, 0.25) is 5.91 Å². The van der Waals surface area contributed by atoms with E-state index in [0.29, 0.717) is 6.42 Å². The number of nitrogens with one attached hydrogen (secondary N) is 2. The molecule has 2 atom stereocenters. The molecule has 1 saturated heterocycles. The summed E-state index contributed by atoms with van der Waals surface area (Å²) in [7, 11) is 0. The summed E-state index contributed by atoms with van der Waals surface area (Å²) in [5, 5.41) is 15.7. The summed E-state index contributed by atoms with van der Waals surface area (Å²) in [5.74, 6) is -0.0445. The first-order valence-electron chi connectivity index (χ1n) is 6.40. The Balaban J connectivity index is 2.40. The minimum Gasteiger partial charge on any atom is -0.391 e. The normalized spacial score (nSPS) is 25.0. The van der Waals surface area contributed by atoms with E-state index in [4.69, 9.17) is 0 Å². The lowest BCUT2D eigenvalue weighted by Crippen LogP contribution is -2.49. The molecule has 1 fully saturated rings. The predicted molar refractivity (Wildman–Crippen MR) is 64.2 cm³/mol. The van der Waals surface area contributed by atoms with Crippen LogP contribution >= 0.6 is 0 Å². The van der Waals surface area contributed by atoms with Crippen molar-refractivity contribution in [2.75, 3.05) is 6.54 Å². The van der Waals surface area contributed by atoms with Crippen molar-refractivity contribution in [3.63, 3.8) is 0 Å². The van der Waals surface area contributed by atoms with E-state index >= 15 is 0 Å². The van der Waals surface area contributed by atoms with Gasteiger partial charge in [-0.2, -0.15) is 0 Å². The quantitative estimate of drug-likeness (QED) is 0.630. The van der Waals surface area contributed by atoms with E-state index in [1.807, 2.05) is 0 Å². The number of rotatable bonds is 6. The summed E-state index contributed by atoms with van der Waals surface area (Å²) in [6.45, 7) is 4.97. The zero-order chi connectivity index (χ0) is 12.0. The Bertz CT molecular complexity index is 215. The molecule has 0 bridgehead atoms. The first-order chi connectivity index (χ1) is 7.69. The zero-order valence-electron chi connectivity index (χ0n) is 10.3. The Morgan fingerprint density at radius 2 is 2.06 bits per heavy atom. The number of aliphatic hydroxyl groups excluding tert-OH is 1. The molecule has 0 aliphatic carbocycles. The van der Waals surface area contributed by atoms with Crippen molar-refractivity contribution in [1.82, 2.24) is 10.6 Å². The molecule has 0 aromatic rings. The van der Waals surface area contributed by atoms with Gasteiger partial charge in [-0.3, -0.25) is 4.79 Å². The van der Waals surface area contributed by atoms with E-state index in [1.54, 1.807) is 0 Å². The van der Waals surface area contributed by atoms with Crippen molar-refractivity contribution < 1.29 is 9.90 Å². The average molecular weight is 228 g/mol. The fourth-order valence-electron chi connectivity index (χ4n) is 2.23. The maximum atomic E-state index is 11.9. The van der Waals surface area contributed by atoms with Crippen LogP contribution in [-0.2, 0) is 4.79 Å². The first kappa shape index (κ1) is 13.5. The lowest BCUT2D eigenvalue weighted by Gasteiger charge is -2.21. The van der Waals surface area contributed by atoms with Crippen molar-refractivity contribution in [2.45, 2.75) is 64.1 Å². The molecule has 1 unspecified atom stereocenters. The highest BCUT2D eigenvalue weighted by molar-refractivity contribution is 5.83. The van der Waals surface area contributed by atoms with Crippen LogP contribution < -0.4 is 10.6 Å². The predicted octanol–water partition coefficient (Wildman–Crippen LogP) is 0.794. The Hall–Kier alpha value is -0.610. The SMILES string of the molecule is CCCC(CCC)NC(=O)[C@H]1NCCC1O. The number of hydrogen-bond acceptors (Lipinski definition) is 3. The molecule has 0 radical (unpaired) electrons. The fourth-order valence-corrected chi connectivity index (χ4v) is 2.23. The maximum Gasteiger partial charge on any atom is 0.240 e. The molecule has 1 heterocycles. The molecule has 0 saturated carbocycles. The Morgan fingerprint density at radius 1 is 1.44 bits per heavy atom. The molecule has 1 rings (SSSR count). The topological polar surface area (TPSA) is 61.4 Å². The highest BCUT2D eigenvalue weighted by Crippen LogP contribution is 2.09. The van der Waals surface area contributed by atoms with Crippen LogP contribution in [0.2, 0.25) is 0 Å². The number of hydrogen-bond donors (Lipinski definition) is 3. The lowest BCUT2D eigenvalue weighted by atomic mass is 10.1. The number of amides is 1. The largest absolute Gasteiger partial charge is 0.391 e. The van der Waals surface area contributed by atoms with E-state index in [-0.39, 0.29) is 11.9 Å². The van der Waals surface area contributed by atoms with E-state index in [9.17, 15) is 9.90 Å². The van der Waals surface area contributed by atoms with Gasteiger partial charge in [0.15, 0.2) is 0 Å². The van der Waals surface area contributed by atoms with Gasteiger partial charge in [0.05, 0.1) is 6.10 Å². The molecule has 4 nitrogen and oxygen atoms in total. The van der Waals surface area contributed by atoms with Crippen LogP contribution in [0.3, 0.4) is 0 Å². The van der Waals surface area contributed by atoms with E-state index in [2.05, 4.69) is 24.5 Å². The van der Waals surface area contributed by atoms with Gasteiger partial charge >= 0.3 is 0 Å². The van der Waals surface area contributed by atoms with Gasteiger partial charge in [0, 0.05) is 6.04 Å². The summed E-state index contributed by atoms with van der Waals surface area (Å²) in [5.41, 5.74) is 0. The molecular weight excluding hydrogens is 204 g/mol. The maximum absolute atomic E-state index is 11.9. The van der Waals surface area contributed by atoms with Gasteiger partial charge in [0.25, 0.3) is 0 Å². The molecule has 16 heavy (non-hydrogen) atoms. The molecular formula is C12H24N2O2. The van der Waals surface area contributed by atoms with Crippen molar-refractivity contribution in [3.8, 4) is 0 Å². The monoisotopic (exact) mass is 228 g/mol. The van der Waals surface area contributed by atoms with Crippen LogP contribution in [0.25, 0.3) is 0 Å². The molecule has 0 aromatic carbocycles. The third-order valence-corrected chi connectivity index (χ3v) is 3.09. The Labute approximate surface area is 97.8 Å². The van der Waals surface area contributed by atoms with Crippen LogP contribution in [-0.4, -0.2) is 35.7 Å². The number of aliphatic hydroxyl groups is 1. The van der Waals surface area contributed by atoms with Crippen LogP contribution in [0.4, 0.5) is 0 Å². The van der Waals surface area contributed by atoms with Gasteiger partial charge in [0.1, 0.15) is 6.04 Å². The van der Waals surface area contributed by atoms with E-state index in [1.165, 1.54) is 0 Å². The molecule has 94 valence electrons. The molecule has 1 aliphatic heterocycles. The second-order valence-corrected chi connectivity index (χ2v) is 4.57. The highest BCUT2D eigenvalue weighted by atomic mass is 16.3. The summed E-state index contributed by atoms with van der Waals surface area (Å²) < 4.78 is 0. The third-order valence-electron chi connectivity index (χ3n) is 3.09. The fraction of sp³-hybridized carbons (Fsp3) is 0.917. The number of carbonyl (C=O) groups excluding carboxylic acids is 1. The Kier molecular flexibility index (Phi) is 5.77. The molecule has 1 amide bonds. The molecule has 1 aliphatic rings. The van der Waals surface area contributed by atoms with E-state index in [0.717, 1.165) is 32.2 Å². The van der Waals surface area contributed by atoms with Crippen LogP contribution in [0.1, 0.15) is 46.0 Å². The zero-order valence-corrected chi connectivity index (χ0v) is 10.3. The van der Waals surface area contributed by atoms with Crippen LogP contribution in [0.15, 0.2) is 0 Å². The average Bonchev–Trinajstić information content (AvgIpc) is 2.65. The Morgan fingerprint density at radius 3 is 2.50 bits per heavy atom. The van der Waals surface area contributed by atoms with E-state index < -0.39 is 12.1 Å². The smallest absolute Gasteiger partial charge is 0.240 e. The molecule has 0 aromatic heterocycles. The molecule has 3 N–H and O–H groups in total. The van der Waals surface area contributed by atoms with Gasteiger partial charge < -0.3 is 15.7 Å². The van der Waals surface area contributed by atoms with Crippen molar-refractivity contribution in [3.05, 3.63) is 0 Å². The lowest BCUT2D eigenvalue weighted by molar-refractivity contribution is -0.125. The molecule has 4 heteroatoms. The van der Waals surface area contributed by atoms with Gasteiger partial charge in [-0.05, 0) is 25.8 Å². The van der Waals surface area contributed by atoms with Gasteiger partial charge in [-0.25, -0.2) is 0 Å². The number of carbonyl (C=O) groups is 1. The standard InChI is InChI=1S/C12H24N2O2/c1-3-5-9(6-4-2)14-12(16)11-10(15)7-8-13-11/h9-11,13,15H,3-8H2,1-2H3,(H,14,16)/t10?,11-/m0/s1. The second kappa shape index (κ2) is 6.86. The summed E-state index contributed by atoms with van der Waals surface area (Å²) in [6, 6.07) is -0.145. The minimum atomic E-state index is -0.524. The highest BCUT2D eigenvalue weighted by Gasteiger charge is 2.31. The van der Waals surface area contributed by atoms with Crippen molar-refractivity contribution in [1.29, 1.82) is 0 Å². The summed E-state index contributed by atoms with van der Waals surface area (Å²) in [4.78, 5) is 11.9. The van der Waals surface area contributed by atoms with Gasteiger partial charge in [-0.15, -0.1) is 0 Å². The summed E-state index contributed by atoms with van der Waals surface area (Å²) in [6.07, 6.45) is 4.33. The van der Waals surface area contributed by atoms with Crippen LogP contribution in [0, 0.1) is 0 Å². The molecule has 0 spiro atoms. The van der Waals surface area contributed by atoms with Gasteiger partial charge in [-0.1, -0.05) is 26.7 Å². The van der Waals surface area contributed by atoms with Crippen molar-refractivity contribution >= 4 is 5.91 Å². The minimum absolute atomic E-state index is 0.0445. The first-order valence-corrected chi connectivity index (χ1v) is 6.40. The van der Waals surface area contributed by atoms with Crippen LogP contribution in [0.5, 0.6) is 0 Å². The third kappa shape index (κ3) is 3.76. The van der Waals surface area contributed by atoms with Crippen molar-refractivity contribution in [2.24, 2.45) is 0 Å².